The molecule has 0 unspecified atom stereocenters. The number of carbonyl (C=O) groups excluding carboxylic acids is 1. The molecule has 4 heteroatoms. The first-order chi connectivity index (χ1) is 12.0. The molecule has 132 valence electrons. The molecular weight excluding hydrogens is 328 g/mol. The number of hydrogen-bond acceptors (Lipinski definition) is 3. The van der Waals surface area contributed by atoms with Crippen molar-refractivity contribution < 1.29 is 14.3 Å². The average molecular weight is 355 g/mol. The van der Waals surface area contributed by atoms with E-state index < -0.39 is 8.07 Å². The van der Waals surface area contributed by atoms with E-state index in [4.69, 9.17) is 9.47 Å². The Balaban J connectivity index is 1.98. The maximum absolute atomic E-state index is 11.4. The highest BCUT2D eigenvalue weighted by Crippen LogP contribution is 2.09. The van der Waals surface area contributed by atoms with Crippen molar-refractivity contribution in [2.45, 2.75) is 32.7 Å². The molecule has 0 aliphatic carbocycles. The van der Waals surface area contributed by atoms with Crippen molar-refractivity contribution in [1.29, 1.82) is 0 Å². The van der Waals surface area contributed by atoms with Gasteiger partial charge in [-0.05, 0) is 11.6 Å². The van der Waals surface area contributed by atoms with E-state index in [1.165, 1.54) is 12.1 Å². The fourth-order valence-electron chi connectivity index (χ4n) is 2.52. The van der Waals surface area contributed by atoms with Gasteiger partial charge in [0.2, 0.25) is 0 Å². The number of ether oxygens (including phenoxy) is 2. The maximum atomic E-state index is 11.4. The maximum Gasteiger partial charge on any atom is 0.303 e. The second-order valence-corrected chi connectivity index (χ2v) is 10.9. The first-order valence-electron chi connectivity index (χ1n) is 8.51. The van der Waals surface area contributed by atoms with Gasteiger partial charge in [-0.1, -0.05) is 84.6 Å². The normalized spacial score (nSPS) is 12.9. The Kier molecular flexibility index (Phi) is 7.16. The van der Waals surface area contributed by atoms with Gasteiger partial charge in [0.05, 0.1) is 13.2 Å². The van der Waals surface area contributed by atoms with Gasteiger partial charge in [0.1, 0.15) is 14.2 Å². The molecule has 0 amide bonds. The summed E-state index contributed by atoms with van der Waals surface area (Å²) in [6, 6.07) is 20.4. The molecule has 0 saturated heterocycles. The van der Waals surface area contributed by atoms with Crippen LogP contribution in [-0.2, 0) is 20.9 Å². The summed E-state index contributed by atoms with van der Waals surface area (Å²) in [5, 5.41) is 1.35. The van der Waals surface area contributed by atoms with E-state index in [0.29, 0.717) is 13.2 Å². The van der Waals surface area contributed by atoms with E-state index in [-0.39, 0.29) is 12.1 Å². The third-order valence-corrected chi connectivity index (χ3v) is 6.80. The van der Waals surface area contributed by atoms with Crippen LogP contribution in [0.25, 0.3) is 0 Å². The van der Waals surface area contributed by atoms with Crippen molar-refractivity contribution in [1.82, 2.24) is 0 Å². The minimum Gasteiger partial charge on any atom is -0.456 e. The predicted molar refractivity (Wildman–Crippen MR) is 104 cm³/mol. The van der Waals surface area contributed by atoms with Crippen molar-refractivity contribution in [2.24, 2.45) is 0 Å². The molecule has 0 saturated carbocycles. The van der Waals surface area contributed by atoms with Gasteiger partial charge in [-0.25, -0.2) is 0 Å². The minimum atomic E-state index is -1.72. The van der Waals surface area contributed by atoms with Gasteiger partial charge < -0.3 is 9.47 Å². The number of carbonyl (C=O) groups is 1. The fraction of sp³-hybridized carbons (Fsp3) is 0.286. The smallest absolute Gasteiger partial charge is 0.303 e. The van der Waals surface area contributed by atoms with E-state index in [1.807, 2.05) is 42.5 Å². The Labute approximate surface area is 151 Å². The van der Waals surface area contributed by atoms with Gasteiger partial charge in [0.25, 0.3) is 0 Å². The summed E-state index contributed by atoms with van der Waals surface area (Å²) in [6.07, 6.45) is 1.61. The van der Waals surface area contributed by atoms with Crippen molar-refractivity contribution in [2.75, 3.05) is 6.61 Å². The fourth-order valence-corrected chi connectivity index (χ4v) is 4.46. The van der Waals surface area contributed by atoms with Crippen LogP contribution in [0, 0.1) is 0 Å². The van der Waals surface area contributed by atoms with E-state index in [9.17, 15) is 4.79 Å². The number of benzene rings is 2. The van der Waals surface area contributed by atoms with Gasteiger partial charge in [-0.3, -0.25) is 4.79 Å². The van der Waals surface area contributed by atoms with Crippen LogP contribution in [0.2, 0.25) is 13.1 Å². The molecule has 2 rings (SSSR count). The first-order valence-corrected chi connectivity index (χ1v) is 11.6. The summed E-state index contributed by atoms with van der Waals surface area (Å²) in [6.45, 7) is 6.83. The minimum absolute atomic E-state index is 0.294. The van der Waals surface area contributed by atoms with Crippen LogP contribution < -0.4 is 5.19 Å². The van der Waals surface area contributed by atoms with Crippen molar-refractivity contribution in [3.63, 3.8) is 0 Å². The molecular formula is C21H26O3Si. The quantitative estimate of drug-likeness (QED) is 0.534. The summed E-state index contributed by atoms with van der Waals surface area (Å²) in [5.74, 6) is -0.294. The van der Waals surface area contributed by atoms with E-state index in [1.54, 1.807) is 0 Å². The van der Waals surface area contributed by atoms with Crippen molar-refractivity contribution in [3.05, 3.63) is 78.0 Å². The molecule has 0 fully saturated rings. The molecule has 2 aromatic carbocycles. The average Bonchev–Trinajstić information content (AvgIpc) is 2.61. The summed E-state index contributed by atoms with van der Waals surface area (Å²) in [5.41, 5.74) is 3.31. The Bertz CT molecular complexity index is 681. The number of rotatable bonds is 8. The van der Waals surface area contributed by atoms with Crippen LogP contribution >= 0.6 is 0 Å². The Hall–Kier alpha value is -2.17. The van der Waals surface area contributed by atoms with Crippen LogP contribution in [-0.4, -0.2) is 26.8 Å². The van der Waals surface area contributed by atoms with Crippen LogP contribution in [0.4, 0.5) is 0 Å². The Morgan fingerprint density at radius 1 is 1.04 bits per heavy atom. The summed E-state index contributed by atoms with van der Waals surface area (Å²) < 4.78 is 11.1. The lowest BCUT2D eigenvalue weighted by molar-refractivity contribution is -0.146. The lowest BCUT2D eigenvalue weighted by atomic mass is 10.2. The summed E-state index contributed by atoms with van der Waals surface area (Å²) >= 11 is 0. The van der Waals surface area contributed by atoms with Crippen molar-refractivity contribution >= 4 is 19.2 Å². The zero-order chi connectivity index (χ0) is 18.1. The summed E-state index contributed by atoms with van der Waals surface area (Å²) in [7, 11) is -1.72. The SMILES string of the molecule is CC(=O)O[C@H](/C=C/[Si](C)(C)c1ccccc1)COCc1ccccc1. The van der Waals surface area contributed by atoms with Crippen molar-refractivity contribution in [3.8, 4) is 0 Å². The van der Waals surface area contributed by atoms with E-state index >= 15 is 0 Å². The van der Waals surface area contributed by atoms with Crippen LogP contribution in [0.15, 0.2) is 72.4 Å². The topological polar surface area (TPSA) is 35.5 Å². The van der Waals surface area contributed by atoms with Crippen LogP contribution in [0.1, 0.15) is 12.5 Å². The van der Waals surface area contributed by atoms with Crippen LogP contribution in [0.5, 0.6) is 0 Å². The Morgan fingerprint density at radius 3 is 2.24 bits per heavy atom. The highest BCUT2D eigenvalue weighted by Gasteiger charge is 2.20. The van der Waals surface area contributed by atoms with Gasteiger partial charge in [-0.2, -0.15) is 0 Å². The zero-order valence-corrected chi connectivity index (χ0v) is 16.1. The molecule has 0 aliphatic heterocycles. The standard InChI is InChI=1S/C21H26O3Si/c1-18(22)24-20(17-23-16-19-10-6-4-7-11-19)14-15-25(2,3)21-12-8-5-9-13-21/h4-15,20H,16-17H2,1-3H3/b15-14+/t20-/m1/s1. The predicted octanol–water partition coefficient (Wildman–Crippen LogP) is 3.85. The van der Waals surface area contributed by atoms with Gasteiger partial charge >= 0.3 is 5.97 Å². The first kappa shape index (κ1) is 19.2. The zero-order valence-electron chi connectivity index (χ0n) is 15.1. The Morgan fingerprint density at radius 2 is 1.64 bits per heavy atom. The molecule has 0 radical (unpaired) electrons. The van der Waals surface area contributed by atoms with E-state index in [0.717, 1.165) is 5.56 Å². The molecule has 0 bridgehead atoms. The molecule has 0 aliphatic rings. The van der Waals surface area contributed by atoms with Gasteiger partial charge in [0.15, 0.2) is 0 Å². The second kappa shape index (κ2) is 9.35. The molecule has 0 heterocycles. The lowest BCUT2D eigenvalue weighted by Gasteiger charge is -2.20. The molecule has 25 heavy (non-hydrogen) atoms. The molecule has 3 nitrogen and oxygen atoms in total. The second-order valence-electron chi connectivity index (χ2n) is 6.60. The monoisotopic (exact) mass is 354 g/mol. The molecule has 2 aromatic rings. The lowest BCUT2D eigenvalue weighted by Crippen LogP contribution is -2.39. The molecule has 1 atom stereocenters. The molecule has 0 aromatic heterocycles. The van der Waals surface area contributed by atoms with E-state index in [2.05, 4.69) is 43.1 Å². The summed E-state index contributed by atoms with van der Waals surface area (Å²) in [4.78, 5) is 11.4. The highest BCUT2D eigenvalue weighted by molar-refractivity contribution is 6.93. The van der Waals surface area contributed by atoms with Crippen LogP contribution in [0.3, 0.4) is 0 Å². The third-order valence-electron chi connectivity index (χ3n) is 3.96. The number of hydrogen-bond donors (Lipinski definition) is 0. The van der Waals surface area contributed by atoms with Gasteiger partial charge in [0, 0.05) is 6.92 Å². The molecule has 0 spiro atoms. The number of esters is 1. The third kappa shape index (κ3) is 6.68. The largest absolute Gasteiger partial charge is 0.456 e. The highest BCUT2D eigenvalue weighted by atomic mass is 28.3. The van der Waals surface area contributed by atoms with Gasteiger partial charge in [-0.15, -0.1) is 0 Å². The molecule has 0 N–H and O–H groups in total.